The molecule has 0 atom stereocenters. The number of benzene rings is 5. The number of nitrogens with zero attached hydrogens (tertiary/aromatic N) is 4. The molecule has 0 saturated heterocycles. The summed E-state index contributed by atoms with van der Waals surface area (Å²) in [6.45, 7) is 13.7. The quantitative estimate of drug-likeness (QED) is 0.130. The normalized spacial score (nSPS) is 12.3. The lowest BCUT2D eigenvalue weighted by Crippen LogP contribution is -2.30. The van der Waals surface area contributed by atoms with Crippen molar-refractivity contribution < 1.29 is 13.7 Å². The van der Waals surface area contributed by atoms with Crippen molar-refractivity contribution in [3.63, 3.8) is 0 Å². The first-order valence-electron chi connectivity index (χ1n) is 18.4. The fourth-order valence-electron chi connectivity index (χ4n) is 7.90. The highest BCUT2D eigenvalue weighted by molar-refractivity contribution is 6.24. The molecule has 0 N–H and O–H groups in total. The third-order valence-corrected chi connectivity index (χ3v) is 10.9. The standard InChI is InChI=1S/C48H49N4/c1-47(2,3)35-20-16-32(17-21-35)46-51(9)44-38-26-18-33(42-14-10-12-28-49(42)7)30-40(38)41-31-34(43-15-11-13-29-50(43)8)19-27-39(41)45(44)52(46)37-24-22-36(23-25-37)48(4,5)6/h10-31H,1-9H3/q+3. The number of fused-ring (bicyclic) bond motifs is 6. The lowest BCUT2D eigenvalue weighted by Gasteiger charge is -2.19. The van der Waals surface area contributed by atoms with Crippen LogP contribution in [0.4, 0.5) is 0 Å². The van der Waals surface area contributed by atoms with Crippen LogP contribution >= 0.6 is 0 Å². The van der Waals surface area contributed by atoms with Crippen LogP contribution in [0.5, 0.6) is 0 Å². The van der Waals surface area contributed by atoms with Crippen LogP contribution in [0.2, 0.25) is 0 Å². The Morgan fingerprint density at radius 1 is 0.462 bits per heavy atom. The molecule has 0 aliphatic heterocycles. The molecule has 3 aromatic heterocycles. The number of rotatable bonds is 4. The highest BCUT2D eigenvalue weighted by Crippen LogP contribution is 2.41. The Kier molecular flexibility index (Phi) is 7.91. The number of aromatic nitrogens is 4. The molecule has 0 saturated carbocycles. The first-order valence-corrected chi connectivity index (χ1v) is 18.4. The van der Waals surface area contributed by atoms with Gasteiger partial charge in [0, 0.05) is 46.2 Å². The predicted octanol–water partition coefficient (Wildman–Crippen LogP) is 10.0. The van der Waals surface area contributed by atoms with Crippen LogP contribution in [-0.4, -0.2) is 4.57 Å². The van der Waals surface area contributed by atoms with Gasteiger partial charge in [0.25, 0.3) is 5.82 Å². The zero-order valence-electron chi connectivity index (χ0n) is 32.0. The maximum Gasteiger partial charge on any atom is 0.294 e. The minimum atomic E-state index is 0.0630. The van der Waals surface area contributed by atoms with Crippen LogP contribution in [0.25, 0.3) is 72.2 Å². The van der Waals surface area contributed by atoms with E-state index < -0.39 is 0 Å². The maximum absolute atomic E-state index is 2.50. The van der Waals surface area contributed by atoms with Crippen LogP contribution in [0.3, 0.4) is 0 Å². The van der Waals surface area contributed by atoms with Crippen LogP contribution in [0, 0.1) is 0 Å². The van der Waals surface area contributed by atoms with Gasteiger partial charge in [0.15, 0.2) is 23.4 Å². The smallest absolute Gasteiger partial charge is 0.225 e. The summed E-state index contributed by atoms with van der Waals surface area (Å²) < 4.78 is 9.33. The Hall–Kier alpha value is -5.61. The molecule has 8 aromatic rings. The molecule has 4 nitrogen and oxygen atoms in total. The van der Waals surface area contributed by atoms with Gasteiger partial charge in [0.05, 0.1) is 12.6 Å². The molecule has 258 valence electrons. The molecule has 4 heteroatoms. The van der Waals surface area contributed by atoms with Gasteiger partial charge in [0.1, 0.15) is 19.8 Å². The average molecular weight is 682 g/mol. The summed E-state index contributed by atoms with van der Waals surface area (Å²) >= 11 is 0. The summed E-state index contributed by atoms with van der Waals surface area (Å²) in [6, 6.07) is 45.3. The zero-order valence-corrected chi connectivity index (χ0v) is 32.0. The van der Waals surface area contributed by atoms with Gasteiger partial charge in [-0.15, -0.1) is 0 Å². The second-order valence-electron chi connectivity index (χ2n) is 16.5. The summed E-state index contributed by atoms with van der Waals surface area (Å²) in [5.41, 5.74) is 12.3. The van der Waals surface area contributed by atoms with Gasteiger partial charge in [0.2, 0.25) is 11.4 Å². The van der Waals surface area contributed by atoms with Gasteiger partial charge < -0.3 is 0 Å². The Labute approximate surface area is 307 Å². The number of imidazole rings is 1. The van der Waals surface area contributed by atoms with Crippen molar-refractivity contribution in [1.82, 2.24) is 4.57 Å². The number of pyridine rings is 2. The van der Waals surface area contributed by atoms with Crippen molar-refractivity contribution in [2.75, 3.05) is 0 Å². The van der Waals surface area contributed by atoms with E-state index in [0.717, 1.165) is 11.5 Å². The molecule has 5 aromatic carbocycles. The van der Waals surface area contributed by atoms with Crippen LogP contribution in [0.1, 0.15) is 52.7 Å². The SMILES string of the molecule is C[n+]1ccccc1-c1ccc2c(c1)c1cc(-c3cccc[n+]3C)ccc1c1c2n(-c2ccc(C(C)(C)C)cc2)c(-c2ccc(C(C)(C)C)cc2)[n+]1C. The minimum Gasteiger partial charge on any atom is -0.225 e. The minimum absolute atomic E-state index is 0.0630. The van der Waals surface area contributed by atoms with Crippen molar-refractivity contribution in [3.05, 3.63) is 145 Å². The molecule has 0 spiro atoms. The number of hydrogen-bond acceptors (Lipinski definition) is 0. The predicted molar refractivity (Wildman–Crippen MR) is 216 cm³/mol. The van der Waals surface area contributed by atoms with Crippen LogP contribution < -0.4 is 13.7 Å². The van der Waals surface area contributed by atoms with Gasteiger partial charge in [-0.05, 0) is 106 Å². The summed E-state index contributed by atoms with van der Waals surface area (Å²) in [4.78, 5) is 0. The maximum atomic E-state index is 2.50. The second kappa shape index (κ2) is 12.3. The van der Waals surface area contributed by atoms with Gasteiger partial charge in [-0.2, -0.15) is 4.57 Å². The Balaban J connectivity index is 1.53. The van der Waals surface area contributed by atoms with E-state index in [4.69, 9.17) is 0 Å². The fraction of sp³-hybridized carbons (Fsp3) is 0.229. The second-order valence-corrected chi connectivity index (χ2v) is 16.5. The van der Waals surface area contributed by atoms with E-state index in [-0.39, 0.29) is 10.8 Å². The van der Waals surface area contributed by atoms with Crippen molar-refractivity contribution in [2.45, 2.75) is 52.4 Å². The van der Waals surface area contributed by atoms with Crippen molar-refractivity contribution in [2.24, 2.45) is 21.1 Å². The molecule has 0 radical (unpaired) electrons. The van der Waals surface area contributed by atoms with E-state index in [0.29, 0.717) is 0 Å². The van der Waals surface area contributed by atoms with Gasteiger partial charge in [-0.1, -0.05) is 65.8 Å². The molecule has 3 heterocycles. The molecule has 0 amide bonds. The lowest BCUT2D eigenvalue weighted by molar-refractivity contribution is -0.660. The molecule has 0 bridgehead atoms. The zero-order chi connectivity index (χ0) is 36.5. The van der Waals surface area contributed by atoms with Crippen LogP contribution in [-0.2, 0) is 32.0 Å². The van der Waals surface area contributed by atoms with Crippen molar-refractivity contribution in [1.29, 1.82) is 0 Å². The van der Waals surface area contributed by atoms with Gasteiger partial charge >= 0.3 is 0 Å². The highest BCUT2D eigenvalue weighted by atomic mass is 15.2. The van der Waals surface area contributed by atoms with E-state index in [1.165, 1.54) is 71.8 Å². The summed E-state index contributed by atoms with van der Waals surface area (Å²) in [5.74, 6) is 1.16. The van der Waals surface area contributed by atoms with E-state index in [2.05, 4.69) is 215 Å². The van der Waals surface area contributed by atoms with Gasteiger partial charge in [-0.25, -0.2) is 13.7 Å². The fourth-order valence-corrected chi connectivity index (χ4v) is 7.90. The largest absolute Gasteiger partial charge is 0.294 e. The third kappa shape index (κ3) is 5.58. The molecule has 8 rings (SSSR count). The topological polar surface area (TPSA) is 16.6 Å². The lowest BCUT2D eigenvalue weighted by atomic mass is 9.86. The molecule has 52 heavy (non-hydrogen) atoms. The molecular weight excluding hydrogens is 633 g/mol. The Bertz CT molecular complexity index is 2650. The molecule has 0 aliphatic rings. The Morgan fingerprint density at radius 2 is 0.923 bits per heavy atom. The Morgan fingerprint density at radius 3 is 1.42 bits per heavy atom. The highest BCUT2D eigenvalue weighted by Gasteiger charge is 2.31. The molecule has 0 fully saturated rings. The van der Waals surface area contributed by atoms with Crippen LogP contribution in [0.15, 0.2) is 134 Å². The van der Waals surface area contributed by atoms with E-state index in [1.54, 1.807) is 0 Å². The molecule has 0 unspecified atom stereocenters. The monoisotopic (exact) mass is 681 g/mol. The van der Waals surface area contributed by atoms with E-state index in [9.17, 15) is 0 Å². The summed E-state index contributed by atoms with van der Waals surface area (Å²) in [6.07, 6.45) is 4.24. The van der Waals surface area contributed by atoms with Crippen molar-refractivity contribution >= 4 is 32.6 Å². The first-order chi connectivity index (χ1) is 24.8. The van der Waals surface area contributed by atoms with E-state index >= 15 is 0 Å². The molecular formula is C48H49N4+3. The van der Waals surface area contributed by atoms with Gasteiger partial charge in [-0.3, -0.25) is 0 Å². The van der Waals surface area contributed by atoms with E-state index in [1.807, 2.05) is 0 Å². The number of hydrogen-bond donors (Lipinski definition) is 0. The first kappa shape index (κ1) is 33.5. The molecule has 0 aliphatic carbocycles. The van der Waals surface area contributed by atoms with Crippen molar-refractivity contribution in [3.8, 4) is 39.6 Å². The third-order valence-electron chi connectivity index (χ3n) is 10.9. The number of aryl methyl sites for hydroxylation is 3. The summed E-state index contributed by atoms with van der Waals surface area (Å²) in [5, 5.41) is 4.95. The average Bonchev–Trinajstić information content (AvgIpc) is 3.44. The summed E-state index contributed by atoms with van der Waals surface area (Å²) in [7, 11) is 6.48.